The lowest BCUT2D eigenvalue weighted by molar-refractivity contribution is 1.16. The summed E-state index contributed by atoms with van der Waals surface area (Å²) in [5, 5.41) is 7.34. The molecule has 0 aliphatic carbocycles. The van der Waals surface area contributed by atoms with Gasteiger partial charge in [0.25, 0.3) is 0 Å². The Hall–Kier alpha value is -1.74. The van der Waals surface area contributed by atoms with Crippen LogP contribution in [0.2, 0.25) is 0 Å². The number of rotatable bonds is 4. The van der Waals surface area contributed by atoms with Crippen LogP contribution in [0.1, 0.15) is 5.56 Å². The molecule has 0 aromatic heterocycles. The molecule has 18 heavy (non-hydrogen) atoms. The number of hydrogen-bond donors (Lipinski definition) is 2. The number of aryl methyl sites for hydroxylation is 1. The smallest absolute Gasteiger partial charge is 0.151 e. The van der Waals surface area contributed by atoms with Crippen LogP contribution in [0.3, 0.4) is 0 Å². The van der Waals surface area contributed by atoms with E-state index in [9.17, 15) is 0 Å². The van der Waals surface area contributed by atoms with Gasteiger partial charge in [0, 0.05) is 5.75 Å². The summed E-state index contributed by atoms with van der Waals surface area (Å²) in [5.74, 6) is 0.861. The Balaban J connectivity index is 2.00. The zero-order chi connectivity index (χ0) is 12.8. The van der Waals surface area contributed by atoms with Crippen LogP contribution in [0.4, 0.5) is 0 Å². The molecule has 0 heterocycles. The first-order valence-electron chi connectivity index (χ1n) is 5.87. The topological polar surface area (TPSA) is 49.9 Å². The van der Waals surface area contributed by atoms with Gasteiger partial charge in [-0.2, -0.15) is 0 Å². The summed E-state index contributed by atoms with van der Waals surface area (Å²) in [4.78, 5) is 0. The van der Waals surface area contributed by atoms with E-state index < -0.39 is 0 Å². The van der Waals surface area contributed by atoms with Crippen molar-refractivity contribution < 1.29 is 0 Å². The largest absolute Gasteiger partial charge is 0.379 e. The van der Waals surface area contributed by atoms with Gasteiger partial charge in [-0.3, -0.25) is 5.41 Å². The van der Waals surface area contributed by atoms with Crippen molar-refractivity contribution in [1.29, 1.82) is 5.41 Å². The fourth-order valence-electron chi connectivity index (χ4n) is 1.77. The summed E-state index contributed by atoms with van der Waals surface area (Å²) in [5.41, 5.74) is 9.06. The molecular formula is C15H16N2S. The molecule has 0 radical (unpaired) electrons. The van der Waals surface area contributed by atoms with Gasteiger partial charge in [-0.25, -0.2) is 0 Å². The predicted molar refractivity (Wildman–Crippen MR) is 80.0 cm³/mol. The summed E-state index contributed by atoms with van der Waals surface area (Å²) >= 11 is 1.39. The Morgan fingerprint density at radius 2 is 1.56 bits per heavy atom. The summed E-state index contributed by atoms with van der Waals surface area (Å²) in [6, 6.07) is 18.9. The average Bonchev–Trinajstić information content (AvgIpc) is 2.40. The van der Waals surface area contributed by atoms with Gasteiger partial charge in [-0.1, -0.05) is 66.4 Å². The van der Waals surface area contributed by atoms with Crippen LogP contribution < -0.4 is 5.73 Å². The van der Waals surface area contributed by atoms with Crippen molar-refractivity contribution in [2.24, 2.45) is 5.73 Å². The molecule has 0 fully saturated rings. The summed E-state index contributed by atoms with van der Waals surface area (Å²) in [7, 11) is 0. The van der Waals surface area contributed by atoms with Crippen LogP contribution in [0.15, 0.2) is 54.6 Å². The van der Waals surface area contributed by atoms with Gasteiger partial charge in [-0.15, -0.1) is 0 Å². The van der Waals surface area contributed by atoms with Gasteiger partial charge in [0.2, 0.25) is 0 Å². The van der Waals surface area contributed by atoms with Gasteiger partial charge in [-0.05, 0) is 23.1 Å². The molecule has 0 amide bonds. The number of thioether (sulfide) groups is 1. The summed E-state index contributed by atoms with van der Waals surface area (Å²) in [6.45, 7) is 0. The zero-order valence-corrected chi connectivity index (χ0v) is 10.9. The fraction of sp³-hybridized carbons (Fsp3) is 0.133. The molecule has 0 saturated heterocycles. The molecule has 3 heteroatoms. The normalized spacial score (nSPS) is 10.2. The summed E-state index contributed by atoms with van der Waals surface area (Å²) < 4.78 is 0. The maximum atomic E-state index is 7.15. The van der Waals surface area contributed by atoms with Crippen molar-refractivity contribution in [2.75, 3.05) is 5.75 Å². The van der Waals surface area contributed by atoms with E-state index in [0.29, 0.717) is 0 Å². The highest BCUT2D eigenvalue weighted by molar-refractivity contribution is 8.13. The highest BCUT2D eigenvalue weighted by Crippen LogP contribution is 2.19. The second-order valence-electron chi connectivity index (χ2n) is 4.03. The lowest BCUT2D eigenvalue weighted by atomic mass is 10.0. The second-order valence-corrected chi connectivity index (χ2v) is 5.16. The third-order valence-electron chi connectivity index (χ3n) is 2.71. The lowest BCUT2D eigenvalue weighted by Crippen LogP contribution is -2.05. The van der Waals surface area contributed by atoms with Gasteiger partial charge in [0.1, 0.15) is 0 Å². The first-order valence-corrected chi connectivity index (χ1v) is 6.85. The molecule has 0 aliphatic heterocycles. The molecule has 0 bridgehead atoms. The van der Waals surface area contributed by atoms with E-state index in [-0.39, 0.29) is 5.17 Å². The third kappa shape index (κ3) is 3.64. The van der Waals surface area contributed by atoms with Crippen molar-refractivity contribution in [3.8, 4) is 11.1 Å². The van der Waals surface area contributed by atoms with E-state index in [2.05, 4.69) is 36.4 Å². The van der Waals surface area contributed by atoms with Gasteiger partial charge >= 0.3 is 0 Å². The van der Waals surface area contributed by atoms with E-state index >= 15 is 0 Å². The molecule has 2 aromatic carbocycles. The SMILES string of the molecule is N=C(N)SCCc1ccc(-c2ccccc2)cc1. The molecule has 0 atom stereocenters. The van der Waals surface area contributed by atoms with E-state index in [1.165, 1.54) is 28.5 Å². The lowest BCUT2D eigenvalue weighted by Gasteiger charge is -2.04. The minimum absolute atomic E-state index is 0.191. The van der Waals surface area contributed by atoms with Crippen molar-refractivity contribution in [3.63, 3.8) is 0 Å². The van der Waals surface area contributed by atoms with E-state index in [4.69, 9.17) is 11.1 Å². The molecule has 92 valence electrons. The van der Waals surface area contributed by atoms with Crippen molar-refractivity contribution in [2.45, 2.75) is 6.42 Å². The maximum Gasteiger partial charge on any atom is 0.151 e. The molecule has 0 unspecified atom stereocenters. The predicted octanol–water partition coefficient (Wildman–Crippen LogP) is 3.52. The third-order valence-corrected chi connectivity index (χ3v) is 3.43. The van der Waals surface area contributed by atoms with Gasteiger partial charge < -0.3 is 5.73 Å². The molecule has 3 N–H and O–H groups in total. The van der Waals surface area contributed by atoms with Gasteiger partial charge in [0.15, 0.2) is 5.17 Å². The first kappa shape index (κ1) is 12.7. The molecule has 0 aliphatic rings. The van der Waals surface area contributed by atoms with Crippen molar-refractivity contribution in [1.82, 2.24) is 0 Å². The Morgan fingerprint density at radius 1 is 0.944 bits per heavy atom. The number of amidine groups is 1. The molecule has 0 spiro atoms. The quantitative estimate of drug-likeness (QED) is 0.649. The monoisotopic (exact) mass is 256 g/mol. The molecule has 2 rings (SSSR count). The maximum absolute atomic E-state index is 7.15. The number of benzene rings is 2. The summed E-state index contributed by atoms with van der Waals surface area (Å²) in [6.07, 6.45) is 0.944. The van der Waals surface area contributed by atoms with Crippen LogP contribution in [0.25, 0.3) is 11.1 Å². The Labute approximate surface area is 112 Å². The minimum Gasteiger partial charge on any atom is -0.379 e. The first-order chi connectivity index (χ1) is 8.75. The van der Waals surface area contributed by atoms with E-state index in [1.54, 1.807) is 0 Å². The fourth-order valence-corrected chi connectivity index (χ4v) is 2.33. The number of hydrogen-bond acceptors (Lipinski definition) is 2. The van der Waals surface area contributed by atoms with Crippen LogP contribution in [-0.4, -0.2) is 10.9 Å². The van der Waals surface area contributed by atoms with Crippen LogP contribution in [-0.2, 0) is 6.42 Å². The van der Waals surface area contributed by atoms with E-state index in [0.717, 1.165) is 12.2 Å². The highest BCUT2D eigenvalue weighted by atomic mass is 32.2. The Kier molecular flexibility index (Phi) is 4.42. The molecule has 0 saturated carbocycles. The average molecular weight is 256 g/mol. The highest BCUT2D eigenvalue weighted by Gasteiger charge is 1.98. The van der Waals surface area contributed by atoms with E-state index in [1.807, 2.05) is 18.2 Å². The molecular weight excluding hydrogens is 240 g/mol. The van der Waals surface area contributed by atoms with Crippen LogP contribution in [0, 0.1) is 5.41 Å². The Bertz CT molecular complexity index is 506. The van der Waals surface area contributed by atoms with Crippen molar-refractivity contribution >= 4 is 16.9 Å². The van der Waals surface area contributed by atoms with Gasteiger partial charge in [0.05, 0.1) is 0 Å². The standard InChI is InChI=1S/C15H16N2S/c16-15(17)18-11-10-12-6-8-14(9-7-12)13-4-2-1-3-5-13/h1-9H,10-11H2,(H3,16,17). The van der Waals surface area contributed by atoms with Crippen LogP contribution in [0.5, 0.6) is 0 Å². The van der Waals surface area contributed by atoms with Crippen LogP contribution >= 0.6 is 11.8 Å². The Morgan fingerprint density at radius 3 is 2.17 bits per heavy atom. The molecule has 2 aromatic rings. The minimum atomic E-state index is 0.191. The number of nitrogens with two attached hydrogens (primary N) is 1. The molecule has 2 nitrogen and oxygen atoms in total. The number of nitrogens with one attached hydrogen (secondary N) is 1. The van der Waals surface area contributed by atoms with Crippen molar-refractivity contribution in [3.05, 3.63) is 60.2 Å². The second kappa shape index (κ2) is 6.26. The zero-order valence-electron chi connectivity index (χ0n) is 10.1.